The third-order valence-corrected chi connectivity index (χ3v) is 4.12. The Labute approximate surface area is 69.8 Å². The van der Waals surface area contributed by atoms with Crippen LogP contribution in [-0.2, 0) is 0 Å². The summed E-state index contributed by atoms with van der Waals surface area (Å²) < 4.78 is 0. The molecule has 1 rings (SSSR count). The van der Waals surface area contributed by atoms with Gasteiger partial charge in [-0.15, -0.1) is 0 Å². The van der Waals surface area contributed by atoms with Crippen LogP contribution in [0.1, 0.15) is 47.0 Å². The van der Waals surface area contributed by atoms with Gasteiger partial charge in [-0.1, -0.05) is 20.8 Å². The van der Waals surface area contributed by atoms with Gasteiger partial charge in [-0.05, 0) is 37.5 Å². The van der Waals surface area contributed by atoms with Crippen molar-refractivity contribution in [1.29, 1.82) is 0 Å². The molecule has 0 aromatic heterocycles. The molecule has 0 bridgehead atoms. The molecule has 1 saturated carbocycles. The Morgan fingerprint density at radius 3 is 2.18 bits per heavy atom. The van der Waals surface area contributed by atoms with Crippen molar-refractivity contribution < 1.29 is 5.11 Å². The first kappa shape index (κ1) is 9.05. The van der Waals surface area contributed by atoms with Crippen molar-refractivity contribution in [2.24, 2.45) is 11.3 Å². The van der Waals surface area contributed by atoms with E-state index in [-0.39, 0.29) is 5.41 Å². The maximum Gasteiger partial charge on any atom is 0.0675 e. The van der Waals surface area contributed by atoms with E-state index in [0.717, 1.165) is 12.8 Å². The lowest BCUT2D eigenvalue weighted by atomic mass is 9.70. The van der Waals surface area contributed by atoms with E-state index in [2.05, 4.69) is 20.8 Å². The summed E-state index contributed by atoms with van der Waals surface area (Å²) >= 11 is 0. The lowest BCUT2D eigenvalue weighted by Gasteiger charge is -2.39. The van der Waals surface area contributed by atoms with Crippen molar-refractivity contribution in [3.8, 4) is 0 Å². The van der Waals surface area contributed by atoms with E-state index in [9.17, 15) is 5.11 Å². The Balaban J connectivity index is 2.88. The molecule has 0 saturated heterocycles. The minimum atomic E-state index is -0.429. The first-order valence-corrected chi connectivity index (χ1v) is 4.66. The molecule has 1 fully saturated rings. The van der Waals surface area contributed by atoms with E-state index in [1.165, 1.54) is 6.42 Å². The van der Waals surface area contributed by atoms with Crippen LogP contribution in [0, 0.1) is 11.3 Å². The molecular weight excluding hydrogens is 136 g/mol. The second-order valence-corrected chi connectivity index (χ2v) is 4.48. The molecule has 11 heavy (non-hydrogen) atoms. The van der Waals surface area contributed by atoms with E-state index < -0.39 is 5.60 Å². The van der Waals surface area contributed by atoms with Crippen molar-refractivity contribution in [3.05, 3.63) is 0 Å². The standard InChI is InChI=1S/C10H20O/c1-5-9(3)8(2)6-7-10(9,4)11/h8,11H,5-7H2,1-4H3. The Bertz CT molecular complexity index is 151. The van der Waals surface area contributed by atoms with Gasteiger partial charge >= 0.3 is 0 Å². The molecule has 0 amide bonds. The summed E-state index contributed by atoms with van der Waals surface area (Å²) in [6.45, 7) is 8.63. The molecule has 0 aromatic carbocycles. The smallest absolute Gasteiger partial charge is 0.0675 e. The molecule has 0 radical (unpaired) electrons. The molecule has 1 nitrogen and oxygen atoms in total. The zero-order chi connectivity index (χ0) is 8.70. The van der Waals surface area contributed by atoms with E-state index in [1.807, 2.05) is 6.92 Å². The van der Waals surface area contributed by atoms with E-state index in [4.69, 9.17) is 0 Å². The Hall–Kier alpha value is -0.0400. The number of aliphatic hydroxyl groups is 1. The third-order valence-electron chi connectivity index (χ3n) is 4.12. The summed E-state index contributed by atoms with van der Waals surface area (Å²) in [4.78, 5) is 0. The van der Waals surface area contributed by atoms with Gasteiger partial charge in [0, 0.05) is 0 Å². The first-order valence-electron chi connectivity index (χ1n) is 4.66. The molecule has 1 aliphatic rings. The SMILES string of the molecule is CCC1(C)C(C)CCC1(C)O. The summed E-state index contributed by atoms with van der Waals surface area (Å²) in [6, 6.07) is 0. The normalized spacial score (nSPS) is 51.5. The van der Waals surface area contributed by atoms with Crippen LogP contribution < -0.4 is 0 Å². The average molecular weight is 156 g/mol. The van der Waals surface area contributed by atoms with Gasteiger partial charge < -0.3 is 5.11 Å². The summed E-state index contributed by atoms with van der Waals surface area (Å²) in [5.41, 5.74) is -0.284. The predicted octanol–water partition coefficient (Wildman–Crippen LogP) is 2.58. The molecule has 0 spiro atoms. The Morgan fingerprint density at radius 2 is 2.00 bits per heavy atom. The van der Waals surface area contributed by atoms with Crippen molar-refractivity contribution >= 4 is 0 Å². The van der Waals surface area contributed by atoms with Crippen molar-refractivity contribution in [2.45, 2.75) is 52.6 Å². The highest BCUT2D eigenvalue weighted by molar-refractivity contribution is 5.00. The summed E-state index contributed by atoms with van der Waals surface area (Å²) in [5, 5.41) is 10.1. The second kappa shape index (κ2) is 2.48. The molecule has 1 aliphatic carbocycles. The van der Waals surface area contributed by atoms with Crippen LogP contribution >= 0.6 is 0 Å². The number of hydrogen-bond donors (Lipinski definition) is 1. The zero-order valence-corrected chi connectivity index (χ0v) is 8.15. The van der Waals surface area contributed by atoms with Gasteiger partial charge in [0.2, 0.25) is 0 Å². The fourth-order valence-electron chi connectivity index (χ4n) is 2.36. The van der Waals surface area contributed by atoms with Gasteiger partial charge in [0.15, 0.2) is 0 Å². The van der Waals surface area contributed by atoms with Crippen molar-refractivity contribution in [3.63, 3.8) is 0 Å². The minimum Gasteiger partial charge on any atom is -0.390 e. The Kier molecular flexibility index (Phi) is 2.04. The fourth-order valence-corrected chi connectivity index (χ4v) is 2.36. The summed E-state index contributed by atoms with van der Waals surface area (Å²) in [5.74, 6) is 0.669. The lowest BCUT2D eigenvalue weighted by molar-refractivity contribution is -0.0530. The number of rotatable bonds is 1. The van der Waals surface area contributed by atoms with Gasteiger partial charge in [0.25, 0.3) is 0 Å². The zero-order valence-electron chi connectivity index (χ0n) is 8.15. The molecule has 3 atom stereocenters. The predicted molar refractivity (Wildman–Crippen MR) is 47.4 cm³/mol. The third kappa shape index (κ3) is 1.10. The molecule has 1 heteroatoms. The number of hydrogen-bond acceptors (Lipinski definition) is 1. The van der Waals surface area contributed by atoms with Gasteiger partial charge in [-0.25, -0.2) is 0 Å². The molecule has 1 N–H and O–H groups in total. The van der Waals surface area contributed by atoms with E-state index in [1.54, 1.807) is 0 Å². The van der Waals surface area contributed by atoms with Gasteiger partial charge in [-0.3, -0.25) is 0 Å². The van der Waals surface area contributed by atoms with Crippen LogP contribution in [-0.4, -0.2) is 10.7 Å². The highest BCUT2D eigenvalue weighted by Gasteiger charge is 2.50. The maximum absolute atomic E-state index is 10.1. The molecular formula is C10H20O. The molecule has 0 aliphatic heterocycles. The van der Waals surface area contributed by atoms with Crippen LogP contribution in [0.4, 0.5) is 0 Å². The molecule has 0 aromatic rings. The average Bonchev–Trinajstić information content (AvgIpc) is 2.15. The molecule has 0 heterocycles. The van der Waals surface area contributed by atoms with Crippen LogP contribution in [0.3, 0.4) is 0 Å². The van der Waals surface area contributed by atoms with E-state index in [0.29, 0.717) is 5.92 Å². The second-order valence-electron chi connectivity index (χ2n) is 4.48. The quantitative estimate of drug-likeness (QED) is 0.618. The lowest BCUT2D eigenvalue weighted by Crippen LogP contribution is -2.41. The topological polar surface area (TPSA) is 20.2 Å². The van der Waals surface area contributed by atoms with Gasteiger partial charge in [0.1, 0.15) is 0 Å². The van der Waals surface area contributed by atoms with Crippen molar-refractivity contribution in [1.82, 2.24) is 0 Å². The van der Waals surface area contributed by atoms with Gasteiger partial charge in [0.05, 0.1) is 5.60 Å². The van der Waals surface area contributed by atoms with Crippen LogP contribution in [0.15, 0.2) is 0 Å². The van der Waals surface area contributed by atoms with E-state index >= 15 is 0 Å². The van der Waals surface area contributed by atoms with Crippen LogP contribution in [0.2, 0.25) is 0 Å². The van der Waals surface area contributed by atoms with Crippen LogP contribution in [0.25, 0.3) is 0 Å². The maximum atomic E-state index is 10.1. The molecule has 3 unspecified atom stereocenters. The van der Waals surface area contributed by atoms with Gasteiger partial charge in [-0.2, -0.15) is 0 Å². The summed E-state index contributed by atoms with van der Waals surface area (Å²) in [7, 11) is 0. The fraction of sp³-hybridized carbons (Fsp3) is 1.00. The highest BCUT2D eigenvalue weighted by atomic mass is 16.3. The molecule has 66 valence electrons. The minimum absolute atomic E-state index is 0.146. The van der Waals surface area contributed by atoms with Crippen LogP contribution in [0.5, 0.6) is 0 Å². The largest absolute Gasteiger partial charge is 0.390 e. The first-order chi connectivity index (χ1) is 4.94. The summed E-state index contributed by atoms with van der Waals surface area (Å²) in [6.07, 6.45) is 3.23. The Morgan fingerprint density at radius 1 is 1.45 bits per heavy atom. The highest BCUT2D eigenvalue weighted by Crippen LogP contribution is 2.51. The van der Waals surface area contributed by atoms with Crippen molar-refractivity contribution in [2.75, 3.05) is 0 Å². The monoisotopic (exact) mass is 156 g/mol.